The van der Waals surface area contributed by atoms with Crippen molar-refractivity contribution in [3.05, 3.63) is 54.6 Å². The number of carbonyl (C=O) groups excluding carboxylic acids is 3. The molecule has 4 heterocycles. The zero-order valence-electron chi connectivity index (χ0n) is 23.3. The number of ether oxygens (including phenoxy) is 1. The van der Waals surface area contributed by atoms with Gasteiger partial charge in [0, 0.05) is 25.3 Å². The van der Waals surface area contributed by atoms with Gasteiger partial charge in [-0.3, -0.25) is 14.4 Å². The van der Waals surface area contributed by atoms with Gasteiger partial charge in [0.15, 0.2) is 0 Å². The summed E-state index contributed by atoms with van der Waals surface area (Å²) in [5.74, 6) is -2.31. The van der Waals surface area contributed by atoms with E-state index in [1.165, 1.54) is 0 Å². The van der Waals surface area contributed by atoms with E-state index in [0.717, 1.165) is 24.9 Å². The average Bonchev–Trinajstić information content (AvgIpc) is 3.25. The van der Waals surface area contributed by atoms with Gasteiger partial charge in [0.05, 0.1) is 30.1 Å². The van der Waals surface area contributed by atoms with Crippen molar-refractivity contribution in [3.8, 4) is 0 Å². The van der Waals surface area contributed by atoms with Crippen molar-refractivity contribution in [2.75, 3.05) is 31.1 Å². The number of unbranched alkanes of at least 4 members (excludes halogenated alkanes) is 2. The Morgan fingerprint density at radius 1 is 0.949 bits per heavy atom. The molecular weight excluding hydrogens is 494 g/mol. The second-order valence-electron chi connectivity index (χ2n) is 11.2. The van der Waals surface area contributed by atoms with Crippen LogP contribution in [0.3, 0.4) is 0 Å². The van der Waals surface area contributed by atoms with Gasteiger partial charge < -0.3 is 24.5 Å². The highest BCUT2D eigenvalue weighted by molar-refractivity contribution is 6.04. The van der Waals surface area contributed by atoms with Gasteiger partial charge in [-0.15, -0.1) is 0 Å². The number of rotatable bonds is 9. The summed E-state index contributed by atoms with van der Waals surface area (Å²) < 4.78 is 7.00. The summed E-state index contributed by atoms with van der Waals surface area (Å²) in [6, 6.07) is 8.00. The summed E-state index contributed by atoms with van der Waals surface area (Å²) in [7, 11) is 0. The van der Waals surface area contributed by atoms with Gasteiger partial charge in [-0.25, -0.2) is 0 Å². The molecule has 4 aliphatic rings. The third kappa shape index (κ3) is 4.23. The number of nitrogens with zero attached hydrogens (tertiary/aromatic N) is 3. The van der Waals surface area contributed by atoms with Crippen LogP contribution in [0.25, 0.3) is 0 Å². The third-order valence-corrected chi connectivity index (χ3v) is 9.14. The highest BCUT2D eigenvalue weighted by Gasteiger charge is 2.75. The molecule has 8 heteroatoms. The Morgan fingerprint density at radius 2 is 1.69 bits per heavy atom. The summed E-state index contributed by atoms with van der Waals surface area (Å²) in [5, 5.41) is 10.3. The number of hydrogen-bond acceptors (Lipinski definition) is 5. The summed E-state index contributed by atoms with van der Waals surface area (Å²) in [6.45, 7) is 7.13. The van der Waals surface area contributed by atoms with E-state index in [2.05, 4.69) is 6.92 Å². The molecule has 2 fully saturated rings. The van der Waals surface area contributed by atoms with Crippen molar-refractivity contribution < 1.29 is 24.2 Å². The van der Waals surface area contributed by atoms with Gasteiger partial charge in [0.1, 0.15) is 11.6 Å². The molecule has 5 rings (SSSR count). The molecule has 1 aromatic carbocycles. The Bertz CT molecular complexity index is 1150. The summed E-state index contributed by atoms with van der Waals surface area (Å²) in [4.78, 5) is 48.3. The Kier molecular flexibility index (Phi) is 7.71. The highest BCUT2D eigenvalue weighted by Crippen LogP contribution is 2.59. The predicted octanol–water partition coefficient (Wildman–Crippen LogP) is 3.31. The average molecular weight is 536 g/mol. The fourth-order valence-electron chi connectivity index (χ4n) is 7.15. The number of aliphatic hydroxyl groups excluding tert-OH is 1. The van der Waals surface area contributed by atoms with E-state index >= 15 is 0 Å². The Morgan fingerprint density at radius 3 is 2.36 bits per heavy atom. The maximum atomic E-state index is 14.5. The minimum Gasteiger partial charge on any atom is -0.394 e. The first-order valence-electron chi connectivity index (χ1n) is 14.5. The number of hydrogen-bond donors (Lipinski definition) is 1. The number of aliphatic hydroxyl groups is 1. The number of fused-ring (bicyclic) bond motifs is 2. The fourth-order valence-corrected chi connectivity index (χ4v) is 7.15. The number of carbonyl (C=O) groups is 3. The molecule has 0 saturated carbocycles. The summed E-state index contributed by atoms with van der Waals surface area (Å²) in [6.07, 6.45) is 11.6. The molecule has 0 aliphatic carbocycles. The zero-order chi connectivity index (χ0) is 27.8. The van der Waals surface area contributed by atoms with E-state index in [1.807, 2.05) is 73.4 Å². The molecule has 3 amide bonds. The number of amides is 3. The molecule has 1 aromatic rings. The van der Waals surface area contributed by atoms with Crippen molar-refractivity contribution >= 4 is 23.4 Å². The maximum Gasteiger partial charge on any atom is 0.249 e. The normalized spacial score (nSPS) is 32.7. The van der Waals surface area contributed by atoms with E-state index in [9.17, 15) is 19.5 Å². The lowest BCUT2D eigenvalue weighted by Crippen LogP contribution is -2.58. The highest BCUT2D eigenvalue weighted by atomic mass is 16.5. The van der Waals surface area contributed by atoms with Crippen LogP contribution in [0.4, 0.5) is 5.69 Å². The molecule has 39 heavy (non-hydrogen) atoms. The second kappa shape index (κ2) is 10.9. The number of para-hydroxylation sites is 1. The minimum atomic E-state index is -1.30. The number of anilines is 1. The first-order valence-corrected chi connectivity index (χ1v) is 14.5. The van der Waals surface area contributed by atoms with Gasteiger partial charge >= 0.3 is 0 Å². The van der Waals surface area contributed by atoms with Crippen molar-refractivity contribution in [1.82, 2.24) is 9.80 Å². The van der Waals surface area contributed by atoms with Crippen LogP contribution in [0.5, 0.6) is 0 Å². The number of likely N-dealkylation sites (tertiary alicyclic amines) is 1. The van der Waals surface area contributed by atoms with Crippen LogP contribution < -0.4 is 4.90 Å². The SMILES string of the molecule is CCCCCN1CC=C[C@]23O[C@@]4(CC)C=CCN(c5ccccc5)C(=O)[C@H]4[C@H]2C(=O)N([C@@H](CC)CO)C3C1=O. The van der Waals surface area contributed by atoms with E-state index in [-0.39, 0.29) is 24.3 Å². The molecule has 0 bridgehead atoms. The van der Waals surface area contributed by atoms with E-state index in [4.69, 9.17) is 4.74 Å². The monoisotopic (exact) mass is 535 g/mol. The third-order valence-electron chi connectivity index (χ3n) is 9.14. The molecule has 4 aliphatic heterocycles. The molecule has 0 radical (unpaired) electrons. The van der Waals surface area contributed by atoms with Crippen LogP contribution in [0, 0.1) is 11.8 Å². The van der Waals surface area contributed by atoms with E-state index < -0.39 is 35.1 Å². The Balaban J connectivity index is 1.64. The van der Waals surface area contributed by atoms with Gasteiger partial charge in [0.25, 0.3) is 0 Å². The largest absolute Gasteiger partial charge is 0.394 e. The van der Waals surface area contributed by atoms with E-state index in [1.54, 1.807) is 9.80 Å². The molecule has 210 valence electrons. The molecule has 2 saturated heterocycles. The lowest BCUT2D eigenvalue weighted by Gasteiger charge is -2.40. The zero-order valence-corrected chi connectivity index (χ0v) is 23.3. The van der Waals surface area contributed by atoms with Crippen LogP contribution in [0.1, 0.15) is 52.9 Å². The molecular formula is C31H41N3O5. The molecule has 0 aromatic heterocycles. The second-order valence-corrected chi connectivity index (χ2v) is 11.2. The van der Waals surface area contributed by atoms with Crippen molar-refractivity contribution in [1.29, 1.82) is 0 Å². The van der Waals surface area contributed by atoms with Crippen LogP contribution in [-0.2, 0) is 19.1 Å². The summed E-state index contributed by atoms with van der Waals surface area (Å²) >= 11 is 0. The van der Waals surface area contributed by atoms with Crippen molar-refractivity contribution in [3.63, 3.8) is 0 Å². The van der Waals surface area contributed by atoms with E-state index in [0.29, 0.717) is 32.5 Å². The van der Waals surface area contributed by atoms with Gasteiger partial charge in [-0.1, -0.05) is 76.1 Å². The quantitative estimate of drug-likeness (QED) is 0.387. The standard InChI is InChI=1S/C31H41N3O5/c1-4-7-11-18-32-19-13-17-31-25(28(37)34(22(5-2)21-35)26(31)29(32)38)24-27(36)33(23-14-9-8-10-15-23)20-12-16-30(24,6-3)39-31/h8-10,12-17,22,24-26,35H,4-7,11,18-21H2,1-3H3/t22-,24+,25-,26?,30-,31-/m0/s1. The summed E-state index contributed by atoms with van der Waals surface area (Å²) in [5.41, 5.74) is -1.56. The van der Waals surface area contributed by atoms with Crippen molar-refractivity contribution in [2.24, 2.45) is 11.8 Å². The maximum absolute atomic E-state index is 14.5. The number of benzene rings is 1. The van der Waals surface area contributed by atoms with Crippen LogP contribution in [-0.4, -0.2) is 82.2 Å². The van der Waals surface area contributed by atoms with Crippen LogP contribution >= 0.6 is 0 Å². The molecule has 1 spiro atoms. The van der Waals surface area contributed by atoms with Crippen LogP contribution in [0.15, 0.2) is 54.6 Å². The van der Waals surface area contributed by atoms with Gasteiger partial charge in [-0.2, -0.15) is 0 Å². The lowest BCUT2D eigenvalue weighted by atomic mass is 9.73. The van der Waals surface area contributed by atoms with Gasteiger partial charge in [-0.05, 0) is 31.4 Å². The first-order chi connectivity index (χ1) is 18.9. The molecule has 1 N–H and O–H groups in total. The van der Waals surface area contributed by atoms with Gasteiger partial charge in [0.2, 0.25) is 17.7 Å². The topological polar surface area (TPSA) is 90.4 Å². The smallest absolute Gasteiger partial charge is 0.249 e. The molecule has 1 unspecified atom stereocenters. The fraction of sp³-hybridized carbons (Fsp3) is 0.581. The minimum absolute atomic E-state index is 0.169. The van der Waals surface area contributed by atoms with Crippen LogP contribution in [0.2, 0.25) is 0 Å². The van der Waals surface area contributed by atoms with Crippen molar-refractivity contribution in [2.45, 2.75) is 76.2 Å². The molecule has 8 nitrogen and oxygen atoms in total. The Labute approximate surface area is 231 Å². The first kappa shape index (κ1) is 27.6. The Hall–Kier alpha value is -2.97. The predicted molar refractivity (Wildman–Crippen MR) is 149 cm³/mol. The lowest BCUT2D eigenvalue weighted by molar-refractivity contribution is -0.155. The molecule has 6 atom stereocenters.